The molecule has 7 heteroatoms. The van der Waals surface area contributed by atoms with E-state index in [1.54, 1.807) is 6.07 Å². The fourth-order valence-corrected chi connectivity index (χ4v) is 2.34. The van der Waals surface area contributed by atoms with Crippen molar-refractivity contribution in [2.24, 2.45) is 0 Å². The zero-order valence-corrected chi connectivity index (χ0v) is 10.7. The Hall–Kier alpha value is -1.47. The van der Waals surface area contributed by atoms with E-state index < -0.39 is 14.9 Å². The molecule has 1 aliphatic carbocycles. The molecule has 0 radical (unpaired) electrons. The maximum Gasteiger partial charge on any atom is 0.274 e. The predicted octanol–water partition coefficient (Wildman–Crippen LogP) is 1.52. The van der Waals surface area contributed by atoms with Crippen LogP contribution in [0, 0.1) is 10.1 Å². The van der Waals surface area contributed by atoms with Gasteiger partial charge in [-0.3, -0.25) is 10.1 Å². The van der Waals surface area contributed by atoms with Crippen molar-refractivity contribution in [1.82, 2.24) is 4.72 Å². The van der Waals surface area contributed by atoms with E-state index in [2.05, 4.69) is 4.72 Å². The summed E-state index contributed by atoms with van der Waals surface area (Å²) in [7, 11) is -3.36. The highest BCUT2D eigenvalue weighted by Crippen LogP contribution is 2.43. The van der Waals surface area contributed by atoms with Gasteiger partial charge in [-0.25, -0.2) is 13.1 Å². The third-order valence-electron chi connectivity index (χ3n) is 2.91. The molecule has 18 heavy (non-hydrogen) atoms. The standard InChI is InChI=1S/C11H14N2O4S/c1-18(16,17)12-7-10-9(8-5-6-8)3-2-4-11(10)13(14)15/h2-4,8,12H,5-7H2,1H3. The molecule has 0 spiro atoms. The van der Waals surface area contributed by atoms with Crippen LogP contribution in [0.3, 0.4) is 0 Å². The molecule has 0 atom stereocenters. The van der Waals surface area contributed by atoms with Crippen LogP contribution in [0.1, 0.15) is 29.9 Å². The number of sulfonamides is 1. The lowest BCUT2D eigenvalue weighted by Crippen LogP contribution is -2.22. The molecule has 1 aliphatic rings. The van der Waals surface area contributed by atoms with Crippen LogP contribution < -0.4 is 4.72 Å². The lowest BCUT2D eigenvalue weighted by atomic mass is 10.0. The van der Waals surface area contributed by atoms with E-state index in [4.69, 9.17) is 0 Å². The summed E-state index contributed by atoms with van der Waals surface area (Å²) in [6.45, 7) is -0.0260. The molecule has 0 heterocycles. The Morgan fingerprint density at radius 2 is 2.11 bits per heavy atom. The average Bonchev–Trinajstić information content (AvgIpc) is 3.08. The van der Waals surface area contributed by atoms with E-state index in [9.17, 15) is 18.5 Å². The molecule has 1 saturated carbocycles. The van der Waals surface area contributed by atoms with Gasteiger partial charge in [0.1, 0.15) is 0 Å². The van der Waals surface area contributed by atoms with Crippen molar-refractivity contribution in [3.63, 3.8) is 0 Å². The summed E-state index contributed by atoms with van der Waals surface area (Å²) in [5, 5.41) is 11.0. The predicted molar refractivity (Wildman–Crippen MR) is 66.8 cm³/mol. The van der Waals surface area contributed by atoms with Crippen LogP contribution in [0.15, 0.2) is 18.2 Å². The molecule has 0 aromatic heterocycles. The molecule has 2 rings (SSSR count). The quantitative estimate of drug-likeness (QED) is 0.649. The topological polar surface area (TPSA) is 89.3 Å². The highest BCUT2D eigenvalue weighted by molar-refractivity contribution is 7.88. The van der Waals surface area contributed by atoms with Crippen LogP contribution >= 0.6 is 0 Å². The Balaban J connectivity index is 2.37. The second kappa shape index (κ2) is 4.66. The summed E-state index contributed by atoms with van der Waals surface area (Å²) in [5.41, 5.74) is 1.35. The van der Waals surface area contributed by atoms with E-state index in [-0.39, 0.29) is 12.2 Å². The van der Waals surface area contributed by atoms with Gasteiger partial charge in [0.15, 0.2) is 0 Å². The fraction of sp³-hybridized carbons (Fsp3) is 0.455. The first-order valence-electron chi connectivity index (χ1n) is 5.59. The molecular formula is C11H14N2O4S. The zero-order valence-electron chi connectivity index (χ0n) is 9.92. The number of nitrogens with zero attached hydrogens (tertiary/aromatic N) is 1. The van der Waals surface area contributed by atoms with Gasteiger partial charge >= 0.3 is 0 Å². The van der Waals surface area contributed by atoms with Gasteiger partial charge in [0.05, 0.1) is 11.2 Å². The Bertz CT molecular complexity index is 579. The van der Waals surface area contributed by atoms with Crippen molar-refractivity contribution in [1.29, 1.82) is 0 Å². The average molecular weight is 270 g/mol. The molecule has 1 aromatic carbocycles. The molecule has 1 fully saturated rings. The normalized spacial score (nSPS) is 15.6. The van der Waals surface area contributed by atoms with Crippen molar-refractivity contribution in [3.8, 4) is 0 Å². The van der Waals surface area contributed by atoms with E-state index in [1.165, 1.54) is 6.07 Å². The van der Waals surface area contributed by atoms with Crippen LogP contribution in [0.4, 0.5) is 5.69 Å². The number of hydrogen-bond donors (Lipinski definition) is 1. The highest BCUT2D eigenvalue weighted by atomic mass is 32.2. The molecule has 1 N–H and O–H groups in total. The summed E-state index contributed by atoms with van der Waals surface area (Å²) < 4.78 is 24.5. The zero-order chi connectivity index (χ0) is 13.3. The van der Waals surface area contributed by atoms with Gasteiger partial charge in [0.2, 0.25) is 10.0 Å². The summed E-state index contributed by atoms with van der Waals surface area (Å²) in [6, 6.07) is 4.89. The monoisotopic (exact) mass is 270 g/mol. The van der Waals surface area contributed by atoms with Gasteiger partial charge in [-0.1, -0.05) is 12.1 Å². The minimum Gasteiger partial charge on any atom is -0.258 e. The largest absolute Gasteiger partial charge is 0.274 e. The fourth-order valence-electron chi connectivity index (χ4n) is 1.94. The highest BCUT2D eigenvalue weighted by Gasteiger charge is 2.29. The summed E-state index contributed by atoms with van der Waals surface area (Å²) in [4.78, 5) is 10.5. The number of benzene rings is 1. The summed E-state index contributed by atoms with van der Waals surface area (Å²) in [5.74, 6) is 0.335. The Labute approximate surface area is 105 Å². The number of hydrogen-bond acceptors (Lipinski definition) is 4. The Kier molecular flexibility index (Phi) is 3.36. The number of nitrogens with one attached hydrogen (secondary N) is 1. The molecule has 98 valence electrons. The first-order chi connectivity index (χ1) is 8.38. The molecule has 0 saturated heterocycles. The van der Waals surface area contributed by atoms with Gasteiger partial charge in [-0.15, -0.1) is 0 Å². The molecule has 0 amide bonds. The van der Waals surface area contributed by atoms with Crippen molar-refractivity contribution < 1.29 is 13.3 Å². The van der Waals surface area contributed by atoms with Crippen LogP contribution in [-0.2, 0) is 16.6 Å². The van der Waals surface area contributed by atoms with Gasteiger partial charge in [0, 0.05) is 18.2 Å². The smallest absolute Gasteiger partial charge is 0.258 e. The molecule has 1 aromatic rings. The van der Waals surface area contributed by atoms with Gasteiger partial charge in [0.25, 0.3) is 5.69 Å². The van der Waals surface area contributed by atoms with Crippen LogP contribution in [0.5, 0.6) is 0 Å². The van der Waals surface area contributed by atoms with Gasteiger partial charge < -0.3 is 0 Å². The second-order valence-electron chi connectivity index (χ2n) is 4.47. The van der Waals surface area contributed by atoms with E-state index >= 15 is 0 Å². The lowest BCUT2D eigenvalue weighted by Gasteiger charge is -2.09. The summed E-state index contributed by atoms with van der Waals surface area (Å²) >= 11 is 0. The molecule has 0 bridgehead atoms. The van der Waals surface area contributed by atoms with Gasteiger partial charge in [-0.05, 0) is 24.3 Å². The SMILES string of the molecule is CS(=O)(=O)NCc1c(C2CC2)cccc1[N+](=O)[O-]. The van der Waals surface area contributed by atoms with Crippen LogP contribution in [0.25, 0.3) is 0 Å². The number of nitro groups is 1. The van der Waals surface area contributed by atoms with E-state index in [0.717, 1.165) is 24.7 Å². The van der Waals surface area contributed by atoms with Crippen molar-refractivity contribution in [2.45, 2.75) is 25.3 Å². The molecule has 6 nitrogen and oxygen atoms in total. The third kappa shape index (κ3) is 3.05. The van der Waals surface area contributed by atoms with Gasteiger partial charge in [-0.2, -0.15) is 0 Å². The van der Waals surface area contributed by atoms with E-state index in [1.807, 2.05) is 6.07 Å². The van der Waals surface area contributed by atoms with E-state index in [0.29, 0.717) is 11.5 Å². The van der Waals surface area contributed by atoms with Crippen LogP contribution in [-0.4, -0.2) is 19.6 Å². The molecule has 0 aliphatic heterocycles. The number of rotatable bonds is 5. The third-order valence-corrected chi connectivity index (χ3v) is 3.58. The Morgan fingerprint density at radius 1 is 1.44 bits per heavy atom. The maximum atomic E-state index is 11.1. The second-order valence-corrected chi connectivity index (χ2v) is 6.30. The maximum absolute atomic E-state index is 11.1. The molecular weight excluding hydrogens is 256 g/mol. The molecule has 0 unspecified atom stereocenters. The first-order valence-corrected chi connectivity index (χ1v) is 7.48. The van der Waals surface area contributed by atoms with Crippen LogP contribution in [0.2, 0.25) is 0 Å². The van der Waals surface area contributed by atoms with Crippen molar-refractivity contribution in [3.05, 3.63) is 39.4 Å². The minimum atomic E-state index is -3.36. The lowest BCUT2D eigenvalue weighted by molar-refractivity contribution is -0.385. The number of nitro benzene ring substituents is 1. The van der Waals surface area contributed by atoms with Crippen molar-refractivity contribution in [2.75, 3.05) is 6.26 Å². The first kappa shape index (κ1) is 13.0. The van der Waals surface area contributed by atoms with Crippen molar-refractivity contribution >= 4 is 15.7 Å². The Morgan fingerprint density at radius 3 is 2.61 bits per heavy atom. The summed E-state index contributed by atoms with van der Waals surface area (Å²) in [6.07, 6.45) is 3.05. The minimum absolute atomic E-state index is 0.0180.